The van der Waals surface area contributed by atoms with E-state index in [9.17, 15) is 0 Å². The average molecular weight is 263 g/mol. The van der Waals surface area contributed by atoms with Crippen LogP contribution in [0.5, 0.6) is 0 Å². The van der Waals surface area contributed by atoms with Gasteiger partial charge in [-0.3, -0.25) is 0 Å². The van der Waals surface area contributed by atoms with Crippen molar-refractivity contribution >= 4 is 0 Å². The van der Waals surface area contributed by atoms with Crippen LogP contribution in [-0.2, 0) is 9.47 Å². The van der Waals surface area contributed by atoms with E-state index in [4.69, 9.17) is 9.47 Å². The van der Waals surface area contributed by atoms with Gasteiger partial charge in [0.25, 0.3) is 0 Å². The first-order valence-electron chi connectivity index (χ1n) is 7.23. The topological polar surface area (TPSA) is 30.5 Å². The number of hydrogen-bond acceptors (Lipinski definition) is 3. The van der Waals surface area contributed by atoms with Gasteiger partial charge in [0.1, 0.15) is 0 Å². The summed E-state index contributed by atoms with van der Waals surface area (Å²) < 4.78 is 11.4. The lowest BCUT2D eigenvalue weighted by Crippen LogP contribution is -2.37. The molecule has 1 N–H and O–H groups in total. The third-order valence-electron chi connectivity index (χ3n) is 3.89. The van der Waals surface area contributed by atoms with Gasteiger partial charge in [0.15, 0.2) is 0 Å². The van der Waals surface area contributed by atoms with Crippen LogP contribution in [0, 0.1) is 0 Å². The predicted octanol–water partition coefficient (Wildman–Crippen LogP) is 2.88. The average Bonchev–Trinajstić information content (AvgIpc) is 2.44. The van der Waals surface area contributed by atoms with Crippen LogP contribution in [0.25, 0.3) is 0 Å². The zero-order valence-electron chi connectivity index (χ0n) is 12.2. The Morgan fingerprint density at radius 1 is 1.21 bits per heavy atom. The summed E-state index contributed by atoms with van der Waals surface area (Å²) in [7, 11) is 2.01. The first-order valence-corrected chi connectivity index (χ1v) is 7.23. The molecule has 3 heteroatoms. The molecule has 106 valence electrons. The molecule has 1 aromatic rings. The van der Waals surface area contributed by atoms with Gasteiger partial charge < -0.3 is 14.8 Å². The zero-order valence-corrected chi connectivity index (χ0v) is 12.2. The summed E-state index contributed by atoms with van der Waals surface area (Å²) in [5.74, 6) is 0.554. The molecular weight excluding hydrogens is 238 g/mol. The fraction of sp³-hybridized carbons (Fsp3) is 0.625. The van der Waals surface area contributed by atoms with Crippen molar-refractivity contribution in [2.45, 2.75) is 38.3 Å². The quantitative estimate of drug-likeness (QED) is 0.801. The van der Waals surface area contributed by atoms with Gasteiger partial charge in [-0.2, -0.15) is 0 Å². The van der Waals surface area contributed by atoms with Crippen molar-refractivity contribution in [2.75, 3.05) is 26.9 Å². The summed E-state index contributed by atoms with van der Waals surface area (Å²) in [6.07, 6.45) is 1.30. The smallest absolute Gasteiger partial charge is 0.0776 e. The van der Waals surface area contributed by atoms with Gasteiger partial charge in [0.05, 0.1) is 25.4 Å². The van der Waals surface area contributed by atoms with Crippen molar-refractivity contribution in [1.29, 1.82) is 0 Å². The molecule has 0 fully saturated rings. The Kier molecular flexibility index (Phi) is 5.37. The molecule has 1 aliphatic rings. The number of nitrogens with one attached hydrogen (secondary N) is 1. The summed E-state index contributed by atoms with van der Waals surface area (Å²) in [6, 6.07) is 8.97. The normalized spacial score (nSPS) is 26.2. The highest BCUT2D eigenvalue weighted by Gasteiger charge is 2.32. The van der Waals surface area contributed by atoms with Crippen molar-refractivity contribution in [2.24, 2.45) is 0 Å². The molecule has 3 nitrogen and oxygen atoms in total. The van der Waals surface area contributed by atoms with Crippen LogP contribution in [0.4, 0.5) is 0 Å². The van der Waals surface area contributed by atoms with Gasteiger partial charge in [-0.05, 0) is 37.4 Å². The number of ether oxygens (including phenoxy) is 2. The summed E-state index contributed by atoms with van der Waals surface area (Å²) >= 11 is 0. The standard InChI is InChI=1S/C16H25NO2/c1-4-18-9-10-19-15-11-12(2)13-7-5-6-8-14(13)16(15)17-3/h5-8,12,15-17H,4,9-11H2,1-3H3. The Balaban J connectivity index is 2.06. The zero-order chi connectivity index (χ0) is 13.7. The van der Waals surface area contributed by atoms with E-state index in [-0.39, 0.29) is 12.1 Å². The van der Waals surface area contributed by atoms with Gasteiger partial charge in [0.2, 0.25) is 0 Å². The predicted molar refractivity (Wildman–Crippen MR) is 77.5 cm³/mol. The molecule has 0 bridgehead atoms. The van der Waals surface area contributed by atoms with E-state index in [0.717, 1.165) is 13.0 Å². The van der Waals surface area contributed by atoms with E-state index < -0.39 is 0 Å². The molecule has 0 spiro atoms. The van der Waals surface area contributed by atoms with E-state index in [1.807, 2.05) is 14.0 Å². The number of hydrogen-bond donors (Lipinski definition) is 1. The molecule has 3 unspecified atom stereocenters. The molecule has 0 heterocycles. The van der Waals surface area contributed by atoms with Gasteiger partial charge in [0, 0.05) is 6.61 Å². The summed E-state index contributed by atoms with van der Waals surface area (Å²) in [5, 5.41) is 3.41. The SMILES string of the molecule is CCOCCOC1CC(C)c2ccccc2C1NC. The lowest BCUT2D eigenvalue weighted by atomic mass is 9.79. The molecule has 1 aliphatic carbocycles. The Hall–Kier alpha value is -0.900. The van der Waals surface area contributed by atoms with Crippen LogP contribution in [0.15, 0.2) is 24.3 Å². The van der Waals surface area contributed by atoms with Crippen LogP contribution in [0.3, 0.4) is 0 Å². The van der Waals surface area contributed by atoms with Crippen LogP contribution in [0.1, 0.15) is 43.4 Å². The number of benzene rings is 1. The van der Waals surface area contributed by atoms with Crippen LogP contribution < -0.4 is 5.32 Å². The number of likely N-dealkylation sites (N-methyl/N-ethyl adjacent to an activating group) is 1. The van der Waals surface area contributed by atoms with Gasteiger partial charge in [-0.1, -0.05) is 31.2 Å². The van der Waals surface area contributed by atoms with Gasteiger partial charge >= 0.3 is 0 Å². The Morgan fingerprint density at radius 2 is 1.95 bits per heavy atom. The van der Waals surface area contributed by atoms with Gasteiger partial charge in [-0.15, -0.1) is 0 Å². The molecule has 3 atom stereocenters. The van der Waals surface area contributed by atoms with Crippen molar-refractivity contribution < 1.29 is 9.47 Å². The molecule has 1 aromatic carbocycles. The van der Waals surface area contributed by atoms with E-state index in [1.165, 1.54) is 11.1 Å². The molecule has 0 amide bonds. The minimum absolute atomic E-state index is 0.232. The van der Waals surface area contributed by atoms with Crippen LogP contribution >= 0.6 is 0 Å². The third kappa shape index (κ3) is 3.35. The molecule has 0 radical (unpaired) electrons. The number of fused-ring (bicyclic) bond motifs is 1. The highest BCUT2D eigenvalue weighted by atomic mass is 16.5. The van der Waals surface area contributed by atoms with Gasteiger partial charge in [-0.25, -0.2) is 0 Å². The first-order chi connectivity index (χ1) is 9.27. The Labute approximate surface area is 116 Å². The minimum atomic E-state index is 0.232. The highest BCUT2D eigenvalue weighted by molar-refractivity contribution is 5.36. The fourth-order valence-electron chi connectivity index (χ4n) is 2.96. The summed E-state index contributed by atoms with van der Waals surface area (Å²) in [4.78, 5) is 0. The summed E-state index contributed by atoms with van der Waals surface area (Å²) in [5.41, 5.74) is 2.83. The molecule has 19 heavy (non-hydrogen) atoms. The second-order valence-electron chi connectivity index (χ2n) is 5.14. The van der Waals surface area contributed by atoms with Crippen LogP contribution in [-0.4, -0.2) is 33.0 Å². The monoisotopic (exact) mass is 263 g/mol. The maximum Gasteiger partial charge on any atom is 0.0776 e. The maximum absolute atomic E-state index is 6.03. The molecule has 0 aliphatic heterocycles. The molecule has 0 aromatic heterocycles. The summed E-state index contributed by atoms with van der Waals surface area (Å²) in [6.45, 7) is 6.40. The lowest BCUT2D eigenvalue weighted by molar-refractivity contribution is -0.0190. The van der Waals surface area contributed by atoms with Crippen molar-refractivity contribution in [3.05, 3.63) is 35.4 Å². The van der Waals surface area contributed by atoms with Crippen molar-refractivity contribution in [1.82, 2.24) is 5.32 Å². The van der Waals surface area contributed by atoms with Crippen molar-refractivity contribution in [3.63, 3.8) is 0 Å². The first kappa shape index (κ1) is 14.5. The number of rotatable bonds is 6. The molecule has 0 saturated heterocycles. The Morgan fingerprint density at radius 3 is 2.63 bits per heavy atom. The maximum atomic E-state index is 6.03. The Bertz CT molecular complexity index is 394. The van der Waals surface area contributed by atoms with Crippen molar-refractivity contribution in [3.8, 4) is 0 Å². The van der Waals surface area contributed by atoms with E-state index >= 15 is 0 Å². The van der Waals surface area contributed by atoms with E-state index in [2.05, 4.69) is 36.5 Å². The second kappa shape index (κ2) is 7.04. The van der Waals surface area contributed by atoms with E-state index in [1.54, 1.807) is 0 Å². The largest absolute Gasteiger partial charge is 0.379 e. The second-order valence-corrected chi connectivity index (χ2v) is 5.14. The van der Waals surface area contributed by atoms with Crippen LogP contribution in [0.2, 0.25) is 0 Å². The molecule has 2 rings (SSSR count). The highest BCUT2D eigenvalue weighted by Crippen LogP contribution is 2.38. The minimum Gasteiger partial charge on any atom is -0.379 e. The van der Waals surface area contributed by atoms with E-state index in [0.29, 0.717) is 19.1 Å². The molecule has 0 saturated carbocycles. The third-order valence-corrected chi connectivity index (χ3v) is 3.89. The molecular formula is C16H25NO2. The lowest BCUT2D eigenvalue weighted by Gasteiger charge is -2.36. The fourth-order valence-corrected chi connectivity index (χ4v) is 2.96.